The standard InChI is InChI=1S/C18H25N3O2/c1-2-17(22)20-13-11-19(12-14-20)9-8-18(23)21-10-7-15-5-3-4-6-16(15)21/h3-6H,2,7-14H2,1H3. The highest BCUT2D eigenvalue weighted by Gasteiger charge is 2.25. The number of amides is 2. The lowest BCUT2D eigenvalue weighted by molar-refractivity contribution is -0.132. The number of carbonyl (C=O) groups excluding carboxylic acids is 2. The zero-order valence-electron chi connectivity index (χ0n) is 13.8. The third-order valence-corrected chi connectivity index (χ3v) is 4.86. The maximum Gasteiger partial charge on any atom is 0.228 e. The van der Waals surface area contributed by atoms with Crippen molar-refractivity contribution in [3.63, 3.8) is 0 Å². The molecule has 124 valence electrons. The van der Waals surface area contributed by atoms with Gasteiger partial charge in [-0.25, -0.2) is 0 Å². The van der Waals surface area contributed by atoms with Crippen LogP contribution >= 0.6 is 0 Å². The minimum Gasteiger partial charge on any atom is -0.340 e. The first-order valence-electron chi connectivity index (χ1n) is 8.57. The van der Waals surface area contributed by atoms with Gasteiger partial charge in [-0.15, -0.1) is 0 Å². The molecule has 0 saturated carbocycles. The highest BCUT2D eigenvalue weighted by Crippen LogP contribution is 2.27. The second-order valence-corrected chi connectivity index (χ2v) is 6.25. The second kappa shape index (κ2) is 7.13. The summed E-state index contributed by atoms with van der Waals surface area (Å²) in [6.07, 6.45) is 2.09. The Labute approximate surface area is 137 Å². The number of nitrogens with zero attached hydrogens (tertiary/aromatic N) is 3. The van der Waals surface area contributed by atoms with Gasteiger partial charge in [0.05, 0.1) is 0 Å². The third-order valence-electron chi connectivity index (χ3n) is 4.86. The molecule has 2 aliphatic rings. The van der Waals surface area contributed by atoms with Gasteiger partial charge in [0, 0.05) is 57.8 Å². The molecule has 0 spiro atoms. The zero-order valence-corrected chi connectivity index (χ0v) is 13.8. The Hall–Kier alpha value is -1.88. The van der Waals surface area contributed by atoms with Crippen LogP contribution in [0, 0.1) is 0 Å². The molecule has 2 aliphatic heterocycles. The summed E-state index contributed by atoms with van der Waals surface area (Å²) in [5.74, 6) is 0.441. The summed E-state index contributed by atoms with van der Waals surface area (Å²) >= 11 is 0. The van der Waals surface area contributed by atoms with E-state index in [1.165, 1.54) is 5.56 Å². The normalized spacial score (nSPS) is 18.1. The Morgan fingerprint density at radius 3 is 2.48 bits per heavy atom. The van der Waals surface area contributed by atoms with Gasteiger partial charge < -0.3 is 9.80 Å². The Kier molecular flexibility index (Phi) is 4.96. The van der Waals surface area contributed by atoms with Crippen molar-refractivity contribution in [3.05, 3.63) is 29.8 Å². The van der Waals surface area contributed by atoms with E-state index in [-0.39, 0.29) is 11.8 Å². The number of hydrogen-bond donors (Lipinski definition) is 0. The van der Waals surface area contributed by atoms with Crippen LogP contribution in [0.3, 0.4) is 0 Å². The molecule has 1 aromatic carbocycles. The van der Waals surface area contributed by atoms with Gasteiger partial charge in [-0.2, -0.15) is 0 Å². The van der Waals surface area contributed by atoms with Crippen LogP contribution in [0.1, 0.15) is 25.3 Å². The van der Waals surface area contributed by atoms with E-state index >= 15 is 0 Å². The zero-order chi connectivity index (χ0) is 16.2. The summed E-state index contributed by atoms with van der Waals surface area (Å²) in [7, 11) is 0. The lowest BCUT2D eigenvalue weighted by Gasteiger charge is -2.34. The van der Waals surface area contributed by atoms with Crippen LogP contribution in [0.2, 0.25) is 0 Å². The third kappa shape index (κ3) is 3.55. The average Bonchev–Trinajstić information content (AvgIpc) is 3.03. The minimum atomic E-state index is 0.210. The monoisotopic (exact) mass is 315 g/mol. The van der Waals surface area contributed by atoms with E-state index in [1.54, 1.807) is 0 Å². The van der Waals surface area contributed by atoms with Crippen molar-refractivity contribution < 1.29 is 9.59 Å². The van der Waals surface area contributed by atoms with Crippen molar-refractivity contribution in [2.45, 2.75) is 26.2 Å². The van der Waals surface area contributed by atoms with Crippen LogP contribution < -0.4 is 4.90 Å². The molecule has 0 N–H and O–H groups in total. The van der Waals surface area contributed by atoms with Gasteiger partial charge in [0.2, 0.25) is 11.8 Å². The number of rotatable bonds is 4. The summed E-state index contributed by atoms with van der Waals surface area (Å²) in [5.41, 5.74) is 2.35. The van der Waals surface area contributed by atoms with Gasteiger partial charge in [0.15, 0.2) is 0 Å². The molecule has 0 aromatic heterocycles. The predicted octanol–water partition coefficient (Wildman–Crippen LogP) is 1.52. The number of fused-ring (bicyclic) bond motifs is 1. The van der Waals surface area contributed by atoms with Crippen LogP contribution in [0.4, 0.5) is 5.69 Å². The Morgan fingerprint density at radius 1 is 1.00 bits per heavy atom. The Bertz CT molecular complexity index is 579. The molecule has 1 aromatic rings. The number of anilines is 1. The van der Waals surface area contributed by atoms with E-state index in [1.807, 2.05) is 34.9 Å². The molecular formula is C18H25N3O2. The molecule has 5 nitrogen and oxygen atoms in total. The van der Waals surface area contributed by atoms with Gasteiger partial charge in [0.1, 0.15) is 0 Å². The summed E-state index contributed by atoms with van der Waals surface area (Å²) < 4.78 is 0. The first-order chi connectivity index (χ1) is 11.2. The lowest BCUT2D eigenvalue weighted by atomic mass is 10.2. The minimum absolute atomic E-state index is 0.210. The smallest absolute Gasteiger partial charge is 0.228 e. The maximum absolute atomic E-state index is 12.5. The van der Waals surface area contributed by atoms with Crippen molar-refractivity contribution in [1.82, 2.24) is 9.80 Å². The fourth-order valence-electron chi connectivity index (χ4n) is 3.43. The molecule has 2 heterocycles. The van der Waals surface area contributed by atoms with Crippen molar-refractivity contribution >= 4 is 17.5 Å². The number of carbonyl (C=O) groups is 2. The summed E-state index contributed by atoms with van der Waals surface area (Å²) in [6.45, 7) is 6.80. The molecule has 2 amide bonds. The maximum atomic E-state index is 12.5. The highest BCUT2D eigenvalue weighted by molar-refractivity contribution is 5.95. The Balaban J connectivity index is 1.47. The van der Waals surface area contributed by atoms with Crippen LogP contribution in [-0.2, 0) is 16.0 Å². The van der Waals surface area contributed by atoms with Crippen molar-refractivity contribution in [1.29, 1.82) is 0 Å². The Morgan fingerprint density at radius 2 is 1.74 bits per heavy atom. The SMILES string of the molecule is CCC(=O)N1CCN(CCC(=O)N2CCc3ccccc32)CC1. The van der Waals surface area contributed by atoms with Gasteiger partial charge in [0.25, 0.3) is 0 Å². The summed E-state index contributed by atoms with van der Waals surface area (Å²) in [5, 5.41) is 0. The molecule has 0 unspecified atom stereocenters. The van der Waals surface area contributed by atoms with Crippen molar-refractivity contribution in [2.24, 2.45) is 0 Å². The number of para-hydroxylation sites is 1. The molecule has 5 heteroatoms. The second-order valence-electron chi connectivity index (χ2n) is 6.25. The van der Waals surface area contributed by atoms with Crippen molar-refractivity contribution in [2.75, 3.05) is 44.2 Å². The fourth-order valence-corrected chi connectivity index (χ4v) is 3.43. The van der Waals surface area contributed by atoms with Crippen LogP contribution in [-0.4, -0.2) is 60.9 Å². The molecule has 0 aliphatic carbocycles. The van der Waals surface area contributed by atoms with Crippen LogP contribution in [0.25, 0.3) is 0 Å². The molecule has 1 fully saturated rings. The summed E-state index contributed by atoms with van der Waals surface area (Å²) in [4.78, 5) is 30.3. The largest absolute Gasteiger partial charge is 0.340 e. The van der Waals surface area contributed by atoms with Crippen molar-refractivity contribution in [3.8, 4) is 0 Å². The molecule has 0 radical (unpaired) electrons. The molecule has 0 bridgehead atoms. The van der Waals surface area contributed by atoms with Gasteiger partial charge in [-0.1, -0.05) is 25.1 Å². The van der Waals surface area contributed by atoms with Crippen LogP contribution in [0.15, 0.2) is 24.3 Å². The summed E-state index contributed by atoms with van der Waals surface area (Å²) in [6, 6.07) is 8.17. The molecule has 1 saturated heterocycles. The number of benzene rings is 1. The van der Waals surface area contributed by atoms with E-state index in [4.69, 9.17) is 0 Å². The molecule has 0 atom stereocenters. The quantitative estimate of drug-likeness (QED) is 0.846. The average molecular weight is 315 g/mol. The predicted molar refractivity (Wildman–Crippen MR) is 90.4 cm³/mol. The first kappa shape index (κ1) is 16.0. The van der Waals surface area contributed by atoms with E-state index in [2.05, 4.69) is 11.0 Å². The number of hydrogen-bond acceptors (Lipinski definition) is 3. The first-order valence-corrected chi connectivity index (χ1v) is 8.57. The fraction of sp³-hybridized carbons (Fsp3) is 0.556. The molecular weight excluding hydrogens is 290 g/mol. The lowest BCUT2D eigenvalue weighted by Crippen LogP contribution is -2.49. The van der Waals surface area contributed by atoms with Crippen LogP contribution in [0.5, 0.6) is 0 Å². The van der Waals surface area contributed by atoms with E-state index in [0.29, 0.717) is 12.8 Å². The van der Waals surface area contributed by atoms with Gasteiger partial charge in [-0.3, -0.25) is 14.5 Å². The van der Waals surface area contributed by atoms with E-state index in [9.17, 15) is 9.59 Å². The molecule has 23 heavy (non-hydrogen) atoms. The topological polar surface area (TPSA) is 43.9 Å². The van der Waals surface area contributed by atoms with Gasteiger partial charge >= 0.3 is 0 Å². The molecule has 3 rings (SSSR count). The van der Waals surface area contributed by atoms with E-state index < -0.39 is 0 Å². The highest BCUT2D eigenvalue weighted by atomic mass is 16.2. The van der Waals surface area contributed by atoms with Gasteiger partial charge in [-0.05, 0) is 18.1 Å². The number of piperazine rings is 1. The van der Waals surface area contributed by atoms with E-state index in [0.717, 1.165) is 51.4 Å².